The molecule has 1 fully saturated rings. The normalized spacial score (nSPS) is 15.3. The Morgan fingerprint density at radius 1 is 1.21 bits per heavy atom. The summed E-state index contributed by atoms with van der Waals surface area (Å²) in [4.78, 5) is 24.1. The first-order valence-corrected chi connectivity index (χ1v) is 6.06. The summed E-state index contributed by atoms with van der Waals surface area (Å²) in [5.74, 6) is -0.0842. The van der Waals surface area contributed by atoms with Gasteiger partial charge in [-0.2, -0.15) is 0 Å². The predicted molar refractivity (Wildman–Crippen MR) is 68.9 cm³/mol. The lowest BCUT2D eigenvalue weighted by Crippen LogP contribution is -2.23. The van der Waals surface area contributed by atoms with Crippen LogP contribution in [0.4, 0.5) is 5.88 Å². The Hall–Kier alpha value is -2.14. The van der Waals surface area contributed by atoms with Crippen LogP contribution in [0.25, 0.3) is 11.3 Å². The number of rotatable bonds is 2. The molecule has 0 atom stereocenters. The molecule has 0 aliphatic carbocycles. The van der Waals surface area contributed by atoms with Gasteiger partial charge >= 0.3 is 0 Å². The standard InChI is InChI=1S/C13H9ClN2O3/c14-9-3-1-8(2-4-9)11-6-13(19-15-11)16-7-10(17)5-12(16)18/h1-4,6H,5,7H2. The first-order valence-electron chi connectivity index (χ1n) is 5.68. The van der Waals surface area contributed by atoms with Crippen LogP contribution in [0.5, 0.6) is 0 Å². The van der Waals surface area contributed by atoms with Crippen LogP contribution < -0.4 is 4.90 Å². The second-order valence-corrected chi connectivity index (χ2v) is 4.69. The van der Waals surface area contributed by atoms with Gasteiger partial charge in [0.05, 0.1) is 13.0 Å². The minimum atomic E-state index is -0.260. The summed E-state index contributed by atoms with van der Waals surface area (Å²) in [5.41, 5.74) is 1.43. The van der Waals surface area contributed by atoms with Gasteiger partial charge in [-0.1, -0.05) is 28.9 Å². The minimum Gasteiger partial charge on any atom is -0.338 e. The number of Topliss-reactive ketones (excluding diaryl/α,β-unsaturated/α-hetero) is 1. The molecule has 1 aliphatic heterocycles. The second kappa shape index (κ2) is 4.51. The molecule has 0 bridgehead atoms. The number of carbonyl (C=O) groups excluding carboxylic acids is 2. The maximum atomic E-state index is 11.6. The van der Waals surface area contributed by atoms with Crippen molar-refractivity contribution in [1.29, 1.82) is 0 Å². The number of ketones is 1. The SMILES string of the molecule is O=C1CC(=O)N(c2cc(-c3ccc(Cl)cc3)no2)C1. The fourth-order valence-corrected chi connectivity index (χ4v) is 2.06. The number of halogens is 1. The van der Waals surface area contributed by atoms with Crippen molar-refractivity contribution < 1.29 is 14.1 Å². The molecule has 2 aromatic rings. The van der Waals surface area contributed by atoms with Gasteiger partial charge in [-0.05, 0) is 12.1 Å². The topological polar surface area (TPSA) is 63.4 Å². The van der Waals surface area contributed by atoms with E-state index in [1.807, 2.05) is 0 Å². The molecule has 0 spiro atoms. The maximum Gasteiger partial charge on any atom is 0.237 e. The van der Waals surface area contributed by atoms with E-state index in [0.717, 1.165) is 5.56 Å². The van der Waals surface area contributed by atoms with Crippen LogP contribution in [0.1, 0.15) is 6.42 Å². The molecule has 6 heteroatoms. The Morgan fingerprint density at radius 3 is 2.58 bits per heavy atom. The van der Waals surface area contributed by atoms with Crippen molar-refractivity contribution in [3.63, 3.8) is 0 Å². The summed E-state index contributed by atoms with van der Waals surface area (Å²) >= 11 is 5.81. The van der Waals surface area contributed by atoms with Crippen molar-refractivity contribution in [3.8, 4) is 11.3 Å². The quantitative estimate of drug-likeness (QED) is 0.790. The van der Waals surface area contributed by atoms with Crippen LogP contribution in [0.3, 0.4) is 0 Å². The van der Waals surface area contributed by atoms with Gasteiger partial charge in [0.15, 0.2) is 5.78 Å². The molecule has 1 aromatic carbocycles. The number of aromatic nitrogens is 1. The van der Waals surface area contributed by atoms with Gasteiger partial charge in [0.25, 0.3) is 0 Å². The van der Waals surface area contributed by atoms with Crippen molar-refractivity contribution in [1.82, 2.24) is 5.16 Å². The molecule has 3 rings (SSSR count). The van der Waals surface area contributed by atoms with E-state index in [9.17, 15) is 9.59 Å². The number of carbonyl (C=O) groups is 2. The summed E-state index contributed by atoms with van der Waals surface area (Å²) in [7, 11) is 0. The number of hydrogen-bond acceptors (Lipinski definition) is 4. The van der Waals surface area contributed by atoms with Crippen molar-refractivity contribution in [2.75, 3.05) is 11.4 Å². The fraction of sp³-hybridized carbons (Fsp3) is 0.154. The average molecular weight is 277 g/mol. The van der Waals surface area contributed by atoms with E-state index in [1.54, 1.807) is 30.3 Å². The van der Waals surface area contributed by atoms with Crippen LogP contribution in [0.2, 0.25) is 5.02 Å². The zero-order valence-corrected chi connectivity index (χ0v) is 10.6. The van der Waals surface area contributed by atoms with E-state index >= 15 is 0 Å². The summed E-state index contributed by atoms with van der Waals surface area (Å²) in [5, 5.41) is 4.53. The Morgan fingerprint density at radius 2 is 1.95 bits per heavy atom. The van der Waals surface area contributed by atoms with Gasteiger partial charge in [0.2, 0.25) is 11.8 Å². The molecule has 0 unspecified atom stereocenters. The molecule has 96 valence electrons. The zero-order chi connectivity index (χ0) is 13.4. The molecule has 1 amide bonds. The summed E-state index contributed by atoms with van der Waals surface area (Å²) in [6.07, 6.45) is -0.0724. The van der Waals surface area contributed by atoms with Crippen LogP contribution in [-0.2, 0) is 9.59 Å². The van der Waals surface area contributed by atoms with Gasteiger partial charge in [-0.15, -0.1) is 0 Å². The Bertz CT molecular complexity index is 648. The average Bonchev–Trinajstić information content (AvgIpc) is 2.97. The van der Waals surface area contributed by atoms with Crippen molar-refractivity contribution >= 4 is 29.2 Å². The monoisotopic (exact) mass is 276 g/mol. The largest absolute Gasteiger partial charge is 0.338 e. The van der Waals surface area contributed by atoms with Crippen molar-refractivity contribution in [2.24, 2.45) is 0 Å². The van der Waals surface area contributed by atoms with Gasteiger partial charge in [0.1, 0.15) is 5.69 Å². The first-order chi connectivity index (χ1) is 9.13. The maximum absolute atomic E-state index is 11.6. The molecule has 19 heavy (non-hydrogen) atoms. The van der Waals surface area contributed by atoms with E-state index < -0.39 is 0 Å². The van der Waals surface area contributed by atoms with Crippen LogP contribution >= 0.6 is 11.6 Å². The van der Waals surface area contributed by atoms with E-state index in [2.05, 4.69) is 5.16 Å². The molecule has 1 saturated heterocycles. The number of amides is 1. The third-order valence-corrected chi connectivity index (χ3v) is 3.14. The Balaban J connectivity index is 1.89. The van der Waals surface area contributed by atoms with Gasteiger partial charge in [0, 0.05) is 16.7 Å². The van der Waals surface area contributed by atoms with Crippen molar-refractivity contribution in [2.45, 2.75) is 6.42 Å². The number of hydrogen-bond donors (Lipinski definition) is 0. The number of anilines is 1. The lowest BCUT2D eigenvalue weighted by atomic mass is 10.1. The molecule has 5 nitrogen and oxygen atoms in total. The van der Waals surface area contributed by atoms with Gasteiger partial charge in [-0.3, -0.25) is 14.5 Å². The number of benzene rings is 1. The van der Waals surface area contributed by atoms with E-state index in [1.165, 1.54) is 4.90 Å². The highest BCUT2D eigenvalue weighted by atomic mass is 35.5. The lowest BCUT2D eigenvalue weighted by molar-refractivity contribution is -0.121. The predicted octanol–water partition coefficient (Wildman–Crippen LogP) is 2.30. The van der Waals surface area contributed by atoms with E-state index in [-0.39, 0.29) is 24.7 Å². The molecule has 1 aliphatic rings. The van der Waals surface area contributed by atoms with Crippen LogP contribution in [-0.4, -0.2) is 23.4 Å². The smallest absolute Gasteiger partial charge is 0.237 e. The molecular formula is C13H9ClN2O3. The van der Waals surface area contributed by atoms with Crippen LogP contribution in [0.15, 0.2) is 34.9 Å². The lowest BCUT2D eigenvalue weighted by Gasteiger charge is -2.07. The van der Waals surface area contributed by atoms with Crippen LogP contribution in [0, 0.1) is 0 Å². The first kappa shape index (κ1) is 11.9. The highest BCUT2D eigenvalue weighted by Crippen LogP contribution is 2.27. The summed E-state index contributed by atoms with van der Waals surface area (Å²) < 4.78 is 5.12. The molecule has 2 heterocycles. The minimum absolute atomic E-state index is 0.0497. The van der Waals surface area contributed by atoms with E-state index in [4.69, 9.17) is 16.1 Å². The third-order valence-electron chi connectivity index (χ3n) is 2.89. The van der Waals surface area contributed by atoms with Crippen molar-refractivity contribution in [3.05, 3.63) is 35.4 Å². The highest BCUT2D eigenvalue weighted by molar-refractivity contribution is 6.30. The molecule has 0 N–H and O–H groups in total. The zero-order valence-electron chi connectivity index (χ0n) is 9.80. The highest BCUT2D eigenvalue weighted by Gasteiger charge is 2.31. The second-order valence-electron chi connectivity index (χ2n) is 4.25. The number of nitrogens with zero attached hydrogens (tertiary/aromatic N) is 2. The molecular weight excluding hydrogens is 268 g/mol. The molecule has 1 aromatic heterocycles. The van der Waals surface area contributed by atoms with E-state index in [0.29, 0.717) is 16.6 Å². The fourth-order valence-electron chi connectivity index (χ4n) is 1.93. The van der Waals surface area contributed by atoms with Gasteiger partial charge < -0.3 is 4.52 Å². The summed E-state index contributed by atoms with van der Waals surface area (Å²) in [6.45, 7) is 0.0497. The Kier molecular flexibility index (Phi) is 2.83. The van der Waals surface area contributed by atoms with Gasteiger partial charge in [-0.25, -0.2) is 0 Å². The molecule has 0 saturated carbocycles. The Labute approximate surface area is 113 Å². The summed E-state index contributed by atoms with van der Waals surface area (Å²) in [6, 6.07) is 8.74. The molecule has 0 radical (unpaired) electrons. The third kappa shape index (κ3) is 2.24.